The SMILES string of the molecule is C#CCn1c(=NC(=O)C=Cc2ccc([N+](=O)[O-])cc2)sc2cccc(F)c21. The maximum absolute atomic E-state index is 14.1. The largest absolute Gasteiger partial charge is 0.302 e. The predicted molar refractivity (Wildman–Crippen MR) is 101 cm³/mol. The van der Waals surface area contributed by atoms with Gasteiger partial charge in [-0.1, -0.05) is 23.3 Å². The summed E-state index contributed by atoms with van der Waals surface area (Å²) in [4.78, 5) is 26.6. The summed E-state index contributed by atoms with van der Waals surface area (Å²) in [5, 5.41) is 10.6. The van der Waals surface area contributed by atoms with Gasteiger partial charge in [0.25, 0.3) is 11.6 Å². The lowest BCUT2D eigenvalue weighted by atomic mass is 10.2. The molecule has 0 bridgehead atoms. The fourth-order valence-corrected chi connectivity index (χ4v) is 3.47. The van der Waals surface area contributed by atoms with Gasteiger partial charge in [0.05, 0.1) is 21.7 Å². The van der Waals surface area contributed by atoms with Crippen LogP contribution in [0.5, 0.6) is 0 Å². The minimum Gasteiger partial charge on any atom is -0.302 e. The Balaban J connectivity index is 1.93. The number of nitrogens with zero attached hydrogens (tertiary/aromatic N) is 3. The van der Waals surface area contributed by atoms with E-state index in [1.807, 2.05) is 0 Å². The molecule has 3 aromatic rings. The van der Waals surface area contributed by atoms with Crippen LogP contribution in [0.3, 0.4) is 0 Å². The van der Waals surface area contributed by atoms with E-state index >= 15 is 0 Å². The first-order valence-corrected chi connectivity index (χ1v) is 8.54. The Morgan fingerprint density at radius 3 is 2.74 bits per heavy atom. The van der Waals surface area contributed by atoms with E-state index in [9.17, 15) is 19.3 Å². The van der Waals surface area contributed by atoms with Gasteiger partial charge >= 0.3 is 0 Å². The van der Waals surface area contributed by atoms with Gasteiger partial charge in [0.2, 0.25) is 0 Å². The summed E-state index contributed by atoms with van der Waals surface area (Å²) in [7, 11) is 0. The second-order valence-electron chi connectivity index (χ2n) is 5.39. The number of carbonyl (C=O) groups is 1. The van der Waals surface area contributed by atoms with E-state index in [4.69, 9.17) is 6.42 Å². The molecule has 0 saturated heterocycles. The third-order valence-electron chi connectivity index (χ3n) is 3.63. The lowest BCUT2D eigenvalue weighted by Gasteiger charge is -2.00. The van der Waals surface area contributed by atoms with Crippen molar-refractivity contribution in [1.82, 2.24) is 4.57 Å². The van der Waals surface area contributed by atoms with E-state index in [-0.39, 0.29) is 12.2 Å². The van der Waals surface area contributed by atoms with Crippen LogP contribution < -0.4 is 4.80 Å². The van der Waals surface area contributed by atoms with Gasteiger partial charge in [-0.15, -0.1) is 6.42 Å². The van der Waals surface area contributed by atoms with Crippen LogP contribution in [0.1, 0.15) is 5.56 Å². The summed E-state index contributed by atoms with van der Waals surface area (Å²) in [6.07, 6.45) is 8.08. The van der Waals surface area contributed by atoms with Crippen molar-refractivity contribution in [3.8, 4) is 12.3 Å². The first-order chi connectivity index (χ1) is 13.0. The number of nitro benzene ring substituents is 1. The molecule has 1 amide bonds. The molecule has 0 radical (unpaired) electrons. The normalized spacial score (nSPS) is 11.8. The van der Waals surface area contributed by atoms with Gasteiger partial charge in [-0.05, 0) is 35.9 Å². The highest BCUT2D eigenvalue weighted by Crippen LogP contribution is 2.20. The zero-order valence-corrected chi connectivity index (χ0v) is 14.6. The number of hydrogen-bond donors (Lipinski definition) is 0. The molecule has 0 spiro atoms. The summed E-state index contributed by atoms with van der Waals surface area (Å²) in [6.45, 7) is 0.0825. The zero-order valence-electron chi connectivity index (χ0n) is 13.8. The van der Waals surface area contributed by atoms with Crippen molar-refractivity contribution >= 4 is 39.2 Å². The number of carbonyl (C=O) groups excluding carboxylic acids is 1. The summed E-state index contributed by atoms with van der Waals surface area (Å²) in [5.74, 6) is 1.45. The molecule has 0 aliphatic heterocycles. The van der Waals surface area contributed by atoms with Crippen molar-refractivity contribution in [3.63, 3.8) is 0 Å². The topological polar surface area (TPSA) is 77.5 Å². The van der Waals surface area contributed by atoms with Crippen LogP contribution in [0.4, 0.5) is 10.1 Å². The van der Waals surface area contributed by atoms with Gasteiger partial charge in [0.1, 0.15) is 5.82 Å². The quantitative estimate of drug-likeness (QED) is 0.300. The molecule has 0 saturated carbocycles. The summed E-state index contributed by atoms with van der Waals surface area (Å²) < 4.78 is 16.2. The molecule has 134 valence electrons. The molecule has 0 aliphatic carbocycles. The number of thiazole rings is 1. The zero-order chi connectivity index (χ0) is 19.4. The fourth-order valence-electron chi connectivity index (χ4n) is 2.42. The number of terminal acetylenes is 1. The lowest BCUT2D eigenvalue weighted by Crippen LogP contribution is -2.16. The Kier molecular flexibility index (Phi) is 5.24. The van der Waals surface area contributed by atoms with Crippen LogP contribution in [0.15, 0.2) is 53.5 Å². The molecule has 2 aromatic carbocycles. The smallest absolute Gasteiger partial charge is 0.272 e. The van der Waals surface area contributed by atoms with Crippen LogP contribution in [-0.2, 0) is 11.3 Å². The highest BCUT2D eigenvalue weighted by molar-refractivity contribution is 7.16. The molecule has 0 atom stereocenters. The Morgan fingerprint density at radius 1 is 1.33 bits per heavy atom. The van der Waals surface area contributed by atoms with Crippen LogP contribution >= 0.6 is 11.3 Å². The van der Waals surface area contributed by atoms with Gasteiger partial charge in [-0.3, -0.25) is 14.9 Å². The maximum Gasteiger partial charge on any atom is 0.272 e. The molecule has 27 heavy (non-hydrogen) atoms. The third-order valence-corrected chi connectivity index (χ3v) is 4.67. The number of nitro groups is 1. The van der Waals surface area contributed by atoms with Crippen molar-refractivity contribution in [2.75, 3.05) is 0 Å². The average molecular weight is 381 g/mol. The molecule has 3 rings (SSSR count). The predicted octanol–water partition coefficient (Wildman–Crippen LogP) is 3.52. The van der Waals surface area contributed by atoms with Crippen molar-refractivity contribution in [2.24, 2.45) is 4.99 Å². The van der Waals surface area contributed by atoms with E-state index in [0.29, 0.717) is 20.6 Å². The van der Waals surface area contributed by atoms with Crippen molar-refractivity contribution < 1.29 is 14.1 Å². The number of non-ortho nitro benzene ring substituents is 1. The molecular formula is C19H12FN3O3S. The molecule has 0 fully saturated rings. The first kappa shape index (κ1) is 18.2. The van der Waals surface area contributed by atoms with E-state index in [1.54, 1.807) is 12.1 Å². The molecule has 6 nitrogen and oxygen atoms in total. The van der Waals surface area contributed by atoms with Crippen molar-refractivity contribution in [1.29, 1.82) is 0 Å². The second-order valence-corrected chi connectivity index (χ2v) is 6.40. The molecule has 0 N–H and O–H groups in total. The van der Waals surface area contributed by atoms with Gasteiger partial charge in [0.15, 0.2) is 4.80 Å². The highest BCUT2D eigenvalue weighted by atomic mass is 32.1. The number of rotatable bonds is 4. The van der Waals surface area contributed by atoms with Crippen molar-refractivity contribution in [2.45, 2.75) is 6.54 Å². The summed E-state index contributed by atoms with van der Waals surface area (Å²) in [6, 6.07) is 10.4. The fraction of sp³-hybridized carbons (Fsp3) is 0.0526. The Hall–Kier alpha value is -3.57. The Labute approximate surface area is 157 Å². The van der Waals surface area contributed by atoms with Crippen molar-refractivity contribution in [3.05, 3.63) is 74.8 Å². The third kappa shape index (κ3) is 3.99. The number of para-hydroxylation sites is 1. The van der Waals surface area contributed by atoms with E-state index in [2.05, 4.69) is 10.9 Å². The van der Waals surface area contributed by atoms with E-state index in [1.165, 1.54) is 47.1 Å². The Bertz CT molecular complexity index is 1170. The minimum atomic E-state index is -0.550. The minimum absolute atomic E-state index is 0.0363. The number of fused-ring (bicyclic) bond motifs is 1. The molecule has 8 heteroatoms. The standard InChI is InChI=1S/C19H12FN3O3S/c1-2-12-22-18-15(20)4-3-5-16(18)27-19(22)21-17(24)11-8-13-6-9-14(10-7-13)23(25)26/h1,3-11H,12H2. The first-order valence-electron chi connectivity index (χ1n) is 7.72. The highest BCUT2D eigenvalue weighted by Gasteiger charge is 2.10. The van der Waals surface area contributed by atoms with Crippen LogP contribution in [-0.4, -0.2) is 15.4 Å². The number of amides is 1. The monoisotopic (exact) mass is 381 g/mol. The van der Waals surface area contributed by atoms with Crippen LogP contribution in [0, 0.1) is 28.3 Å². The molecule has 0 unspecified atom stereocenters. The molecule has 1 heterocycles. The maximum atomic E-state index is 14.1. The number of aromatic nitrogens is 1. The van der Waals surface area contributed by atoms with E-state index in [0.717, 1.165) is 11.3 Å². The average Bonchev–Trinajstić information content (AvgIpc) is 2.99. The van der Waals surface area contributed by atoms with Gasteiger partial charge in [0, 0.05) is 18.2 Å². The second kappa shape index (κ2) is 7.76. The summed E-state index contributed by atoms with van der Waals surface area (Å²) >= 11 is 1.16. The lowest BCUT2D eigenvalue weighted by molar-refractivity contribution is -0.384. The number of hydrogen-bond acceptors (Lipinski definition) is 4. The molecular weight excluding hydrogens is 369 g/mol. The van der Waals surface area contributed by atoms with Crippen LogP contribution in [0.25, 0.3) is 16.3 Å². The van der Waals surface area contributed by atoms with Crippen LogP contribution in [0.2, 0.25) is 0 Å². The van der Waals surface area contributed by atoms with E-state index < -0.39 is 16.6 Å². The van der Waals surface area contributed by atoms with Gasteiger partial charge < -0.3 is 4.57 Å². The van der Waals surface area contributed by atoms with Gasteiger partial charge in [-0.2, -0.15) is 4.99 Å². The molecule has 0 aliphatic rings. The summed E-state index contributed by atoms with van der Waals surface area (Å²) in [5.41, 5.74) is 0.889. The number of halogens is 1. The van der Waals surface area contributed by atoms with Gasteiger partial charge in [-0.25, -0.2) is 4.39 Å². The Morgan fingerprint density at radius 2 is 2.07 bits per heavy atom. The molecule has 1 aromatic heterocycles. The number of benzene rings is 2.